The van der Waals surface area contributed by atoms with Gasteiger partial charge >= 0.3 is 0 Å². The van der Waals surface area contributed by atoms with E-state index >= 15 is 0 Å². The molecule has 1 aromatic carbocycles. The lowest BCUT2D eigenvalue weighted by molar-refractivity contribution is 0.0723. The Kier molecular flexibility index (Phi) is 2.25. The first kappa shape index (κ1) is 11.9. The molecule has 1 N–H and O–H groups in total. The van der Waals surface area contributed by atoms with Gasteiger partial charge in [0, 0.05) is 18.7 Å². The Hall–Kier alpha value is -2.69. The Labute approximate surface area is 127 Å². The Morgan fingerprint density at radius 3 is 2.95 bits per heavy atom. The van der Waals surface area contributed by atoms with Crippen molar-refractivity contribution in [1.29, 1.82) is 0 Å². The maximum Gasteiger partial charge on any atom is 0.273 e. The number of nitrogens with one attached hydrogen (secondary N) is 1. The zero-order chi connectivity index (χ0) is 14.7. The molecule has 0 spiro atoms. The average molecular weight is 290 g/mol. The molecule has 5 rings (SSSR count). The van der Waals surface area contributed by atoms with E-state index in [4.69, 9.17) is 0 Å². The molecule has 22 heavy (non-hydrogen) atoms. The SMILES string of the molecule is O=C(c1[nH]nc2ncccc12)N1CC2CC1c1ccccc12. The first-order valence-corrected chi connectivity index (χ1v) is 7.52. The number of hydrogen-bond donors (Lipinski definition) is 1. The molecule has 5 heteroatoms. The summed E-state index contributed by atoms with van der Waals surface area (Å²) >= 11 is 0. The molecule has 2 aliphatic rings. The maximum absolute atomic E-state index is 12.9. The van der Waals surface area contributed by atoms with Crippen LogP contribution in [-0.4, -0.2) is 32.5 Å². The normalized spacial score (nSPS) is 22.3. The average Bonchev–Trinajstić information content (AvgIpc) is 3.27. The molecule has 3 aromatic rings. The second-order valence-electron chi connectivity index (χ2n) is 6.01. The van der Waals surface area contributed by atoms with Crippen LogP contribution >= 0.6 is 0 Å². The summed E-state index contributed by atoms with van der Waals surface area (Å²) in [4.78, 5) is 19.1. The number of pyridine rings is 1. The summed E-state index contributed by atoms with van der Waals surface area (Å²) in [5.74, 6) is 0.495. The van der Waals surface area contributed by atoms with E-state index < -0.39 is 0 Å². The molecule has 5 nitrogen and oxygen atoms in total. The Morgan fingerprint density at radius 2 is 2.05 bits per heavy atom. The number of fused-ring (bicyclic) bond motifs is 6. The van der Waals surface area contributed by atoms with E-state index in [1.165, 1.54) is 11.1 Å². The van der Waals surface area contributed by atoms with E-state index in [1.807, 2.05) is 17.0 Å². The molecule has 1 aliphatic carbocycles. The summed E-state index contributed by atoms with van der Waals surface area (Å²) in [5, 5.41) is 7.80. The highest BCUT2D eigenvalue weighted by Crippen LogP contribution is 2.50. The molecule has 3 heterocycles. The van der Waals surface area contributed by atoms with Crippen molar-refractivity contribution in [1.82, 2.24) is 20.1 Å². The van der Waals surface area contributed by atoms with Gasteiger partial charge in [-0.3, -0.25) is 9.89 Å². The van der Waals surface area contributed by atoms with Crippen LogP contribution in [0.4, 0.5) is 0 Å². The van der Waals surface area contributed by atoms with Gasteiger partial charge in [-0.15, -0.1) is 0 Å². The van der Waals surface area contributed by atoms with Crippen molar-refractivity contribution in [3.8, 4) is 0 Å². The zero-order valence-electron chi connectivity index (χ0n) is 11.9. The number of carbonyl (C=O) groups excluding carboxylic acids is 1. The Bertz CT molecular complexity index is 900. The minimum Gasteiger partial charge on any atom is -0.330 e. The van der Waals surface area contributed by atoms with E-state index in [1.54, 1.807) is 6.20 Å². The zero-order valence-corrected chi connectivity index (χ0v) is 11.9. The van der Waals surface area contributed by atoms with Gasteiger partial charge in [0.25, 0.3) is 5.91 Å². The second kappa shape index (κ2) is 4.16. The predicted molar refractivity (Wildman–Crippen MR) is 81.5 cm³/mol. The van der Waals surface area contributed by atoms with Gasteiger partial charge < -0.3 is 4.90 Å². The van der Waals surface area contributed by atoms with Crippen molar-refractivity contribution in [3.63, 3.8) is 0 Å². The number of hydrogen-bond acceptors (Lipinski definition) is 3. The summed E-state index contributed by atoms with van der Waals surface area (Å²) in [7, 11) is 0. The lowest BCUT2D eigenvalue weighted by atomic mass is 9.99. The highest BCUT2D eigenvalue weighted by atomic mass is 16.2. The van der Waals surface area contributed by atoms with Gasteiger partial charge in [0.15, 0.2) is 5.65 Å². The highest BCUT2D eigenvalue weighted by molar-refractivity contribution is 6.04. The standard InChI is InChI=1S/C17H14N4O/c22-17(15-13-6-3-7-18-16(13)20-19-15)21-9-10-8-14(21)12-5-2-1-4-11(10)12/h1-7,10,14H,8-9H2,(H,18,19,20). The summed E-state index contributed by atoms with van der Waals surface area (Å²) in [6.45, 7) is 0.793. The van der Waals surface area contributed by atoms with Gasteiger partial charge in [0.2, 0.25) is 0 Å². The molecule has 2 aromatic heterocycles. The van der Waals surface area contributed by atoms with Crippen molar-refractivity contribution < 1.29 is 4.79 Å². The molecule has 0 radical (unpaired) electrons. The monoisotopic (exact) mass is 290 g/mol. The first-order valence-electron chi connectivity index (χ1n) is 7.52. The van der Waals surface area contributed by atoms with Gasteiger partial charge in [-0.1, -0.05) is 24.3 Å². The fraction of sp³-hybridized carbons (Fsp3) is 0.235. The summed E-state index contributed by atoms with van der Waals surface area (Å²) in [5.41, 5.74) is 3.85. The molecular formula is C17H14N4O. The second-order valence-corrected chi connectivity index (χ2v) is 6.01. The number of aromatic amines is 1. The van der Waals surface area contributed by atoms with E-state index in [0.717, 1.165) is 18.4 Å². The van der Waals surface area contributed by atoms with Crippen molar-refractivity contribution in [2.24, 2.45) is 0 Å². The third-order valence-corrected chi connectivity index (χ3v) is 4.90. The quantitative estimate of drug-likeness (QED) is 0.749. The smallest absolute Gasteiger partial charge is 0.273 e. The van der Waals surface area contributed by atoms with Crippen LogP contribution in [0.3, 0.4) is 0 Å². The molecule has 2 unspecified atom stereocenters. The Morgan fingerprint density at radius 1 is 1.18 bits per heavy atom. The molecule has 108 valence electrons. The van der Waals surface area contributed by atoms with Gasteiger partial charge in [-0.25, -0.2) is 4.98 Å². The van der Waals surface area contributed by atoms with Crippen LogP contribution < -0.4 is 0 Å². The number of benzene rings is 1. The summed E-state index contributed by atoms with van der Waals surface area (Å²) in [6, 6.07) is 12.4. The molecular weight excluding hydrogens is 276 g/mol. The van der Waals surface area contributed by atoms with Gasteiger partial charge in [0.05, 0.1) is 11.4 Å². The van der Waals surface area contributed by atoms with Crippen molar-refractivity contribution >= 4 is 16.9 Å². The minimum absolute atomic E-state index is 0.0255. The molecule has 2 atom stereocenters. The third-order valence-electron chi connectivity index (χ3n) is 4.90. The fourth-order valence-corrected chi connectivity index (χ4v) is 3.92. The van der Waals surface area contributed by atoms with Crippen LogP contribution in [0.5, 0.6) is 0 Å². The van der Waals surface area contributed by atoms with Crippen LogP contribution in [0.2, 0.25) is 0 Å². The van der Waals surface area contributed by atoms with Crippen LogP contribution in [0.25, 0.3) is 11.0 Å². The molecule has 2 bridgehead atoms. The predicted octanol–water partition coefficient (Wildman–Crippen LogP) is 2.64. The number of aromatic nitrogens is 3. The van der Waals surface area contributed by atoms with E-state index in [9.17, 15) is 4.79 Å². The minimum atomic E-state index is 0.0255. The number of H-pyrrole nitrogens is 1. The number of rotatable bonds is 1. The number of carbonyl (C=O) groups is 1. The summed E-state index contributed by atoms with van der Waals surface area (Å²) < 4.78 is 0. The third kappa shape index (κ3) is 1.45. The van der Waals surface area contributed by atoms with Gasteiger partial charge in [-0.2, -0.15) is 5.10 Å². The van der Waals surface area contributed by atoms with Crippen LogP contribution in [-0.2, 0) is 0 Å². The van der Waals surface area contributed by atoms with Gasteiger partial charge in [-0.05, 0) is 29.7 Å². The molecule has 1 fully saturated rings. The lowest BCUT2D eigenvalue weighted by Crippen LogP contribution is -2.34. The van der Waals surface area contributed by atoms with E-state index in [0.29, 0.717) is 17.3 Å². The summed E-state index contributed by atoms with van der Waals surface area (Å²) in [6.07, 6.45) is 2.72. The van der Waals surface area contributed by atoms with Crippen LogP contribution in [0, 0.1) is 0 Å². The molecule has 0 saturated carbocycles. The van der Waals surface area contributed by atoms with Crippen molar-refractivity contribution in [2.75, 3.05) is 6.54 Å². The lowest BCUT2D eigenvalue weighted by Gasteiger charge is -2.28. The highest BCUT2D eigenvalue weighted by Gasteiger charge is 2.44. The first-order chi connectivity index (χ1) is 10.8. The number of likely N-dealkylation sites (tertiary alicyclic amines) is 1. The largest absolute Gasteiger partial charge is 0.330 e. The van der Waals surface area contributed by atoms with Gasteiger partial charge in [0.1, 0.15) is 5.69 Å². The maximum atomic E-state index is 12.9. The van der Waals surface area contributed by atoms with Crippen molar-refractivity contribution in [2.45, 2.75) is 18.4 Å². The van der Waals surface area contributed by atoms with Crippen molar-refractivity contribution in [3.05, 3.63) is 59.4 Å². The van der Waals surface area contributed by atoms with Crippen LogP contribution in [0.1, 0.15) is 40.0 Å². The number of nitrogens with zero attached hydrogens (tertiary/aromatic N) is 3. The van der Waals surface area contributed by atoms with Crippen LogP contribution in [0.15, 0.2) is 42.6 Å². The fourth-order valence-electron chi connectivity index (χ4n) is 3.92. The van der Waals surface area contributed by atoms with E-state index in [-0.39, 0.29) is 11.9 Å². The molecule has 1 amide bonds. The topological polar surface area (TPSA) is 61.9 Å². The number of amides is 1. The molecule has 1 saturated heterocycles. The van der Waals surface area contributed by atoms with E-state index in [2.05, 4.69) is 39.4 Å². The molecule has 1 aliphatic heterocycles. The Balaban J connectivity index is 1.56.